The van der Waals surface area contributed by atoms with E-state index in [0.29, 0.717) is 0 Å². The molecule has 1 rings (SSSR count). The average molecular weight is 216 g/mol. The molecule has 0 amide bonds. The van der Waals surface area contributed by atoms with Crippen LogP contribution in [-0.4, -0.2) is 16.1 Å². The summed E-state index contributed by atoms with van der Waals surface area (Å²) in [6.07, 6.45) is 0. The molecule has 0 atom stereocenters. The van der Waals surface area contributed by atoms with Crippen LogP contribution < -0.4 is 0 Å². The zero-order chi connectivity index (χ0) is 9.68. The largest absolute Gasteiger partial charge is 0.410 e. The van der Waals surface area contributed by atoms with Crippen molar-refractivity contribution in [2.75, 3.05) is 5.75 Å². The van der Waals surface area contributed by atoms with E-state index in [2.05, 4.69) is 12.1 Å². The number of rotatable bonds is 3. The number of oxime groups is 1. The van der Waals surface area contributed by atoms with Crippen LogP contribution in [-0.2, 0) is 0 Å². The molecule has 0 spiro atoms. The Balaban J connectivity index is 2.81. The van der Waals surface area contributed by atoms with Crippen molar-refractivity contribution >= 4 is 28.5 Å². The van der Waals surface area contributed by atoms with Gasteiger partial charge >= 0.3 is 0 Å². The minimum absolute atomic E-state index is 0.119. The normalized spacial score (nSPS) is 11.7. The lowest BCUT2D eigenvalue weighted by Crippen LogP contribution is -1.89. The molecule has 0 aliphatic carbocycles. The van der Waals surface area contributed by atoms with Crippen LogP contribution in [0.15, 0.2) is 34.3 Å². The summed E-state index contributed by atoms with van der Waals surface area (Å²) in [6.45, 7) is 2.10. The minimum Gasteiger partial charge on any atom is -0.410 e. The summed E-state index contributed by atoms with van der Waals surface area (Å²) in [5, 5.41) is 11.4. The molecule has 0 heterocycles. The lowest BCUT2D eigenvalue weighted by Gasteiger charge is -1.99. The van der Waals surface area contributed by atoms with E-state index in [1.165, 1.54) is 4.90 Å². The van der Waals surface area contributed by atoms with Crippen LogP contribution in [0, 0.1) is 0 Å². The molecule has 70 valence electrons. The van der Waals surface area contributed by atoms with E-state index in [1.54, 1.807) is 11.8 Å². The molecule has 0 radical (unpaired) electrons. The van der Waals surface area contributed by atoms with Crippen LogP contribution in [0.5, 0.6) is 0 Å². The fraction of sp³-hybridized carbons (Fsp3) is 0.222. The Labute approximate surface area is 86.6 Å². The van der Waals surface area contributed by atoms with Gasteiger partial charge in [-0.1, -0.05) is 35.8 Å². The SMILES string of the molecule is CCSc1ccc(/C(Cl)=N/O)cc1. The predicted molar refractivity (Wildman–Crippen MR) is 57.0 cm³/mol. The van der Waals surface area contributed by atoms with Crippen molar-refractivity contribution in [1.82, 2.24) is 0 Å². The highest BCUT2D eigenvalue weighted by Crippen LogP contribution is 2.18. The molecule has 0 bridgehead atoms. The smallest absolute Gasteiger partial charge is 0.175 e. The van der Waals surface area contributed by atoms with Crippen LogP contribution in [0.1, 0.15) is 12.5 Å². The van der Waals surface area contributed by atoms with E-state index in [9.17, 15) is 0 Å². The monoisotopic (exact) mass is 215 g/mol. The molecule has 2 nitrogen and oxygen atoms in total. The Morgan fingerprint density at radius 3 is 2.54 bits per heavy atom. The van der Waals surface area contributed by atoms with Gasteiger partial charge in [-0.2, -0.15) is 0 Å². The Bertz CT molecular complexity index is 297. The van der Waals surface area contributed by atoms with Gasteiger partial charge in [0.1, 0.15) is 0 Å². The summed E-state index contributed by atoms with van der Waals surface area (Å²) in [7, 11) is 0. The molecule has 4 heteroatoms. The van der Waals surface area contributed by atoms with E-state index < -0.39 is 0 Å². The van der Waals surface area contributed by atoms with Crippen molar-refractivity contribution in [3.05, 3.63) is 29.8 Å². The third-order valence-electron chi connectivity index (χ3n) is 1.49. The van der Waals surface area contributed by atoms with Gasteiger partial charge in [-0.25, -0.2) is 0 Å². The zero-order valence-electron chi connectivity index (χ0n) is 7.20. The van der Waals surface area contributed by atoms with E-state index >= 15 is 0 Å². The predicted octanol–water partition coefficient (Wildman–Crippen LogP) is 3.17. The molecule has 1 N–H and O–H groups in total. The van der Waals surface area contributed by atoms with Crippen molar-refractivity contribution in [3.63, 3.8) is 0 Å². The second-order valence-electron chi connectivity index (χ2n) is 2.35. The fourth-order valence-electron chi connectivity index (χ4n) is 0.913. The van der Waals surface area contributed by atoms with E-state index in [1.807, 2.05) is 24.3 Å². The Kier molecular flexibility index (Phi) is 4.12. The number of benzene rings is 1. The maximum Gasteiger partial charge on any atom is 0.175 e. The Hall–Kier alpha value is -0.670. The molecule has 0 unspecified atom stereocenters. The summed E-state index contributed by atoms with van der Waals surface area (Å²) in [4.78, 5) is 1.19. The summed E-state index contributed by atoms with van der Waals surface area (Å²) < 4.78 is 0. The van der Waals surface area contributed by atoms with Gasteiger partial charge in [-0.15, -0.1) is 11.8 Å². The quantitative estimate of drug-likeness (QED) is 0.364. The number of hydrogen-bond acceptors (Lipinski definition) is 3. The molecule has 0 fully saturated rings. The van der Waals surface area contributed by atoms with E-state index in [-0.39, 0.29) is 5.17 Å². The highest BCUT2D eigenvalue weighted by atomic mass is 35.5. The molecule has 1 aromatic carbocycles. The molecular weight excluding hydrogens is 206 g/mol. The van der Waals surface area contributed by atoms with Gasteiger partial charge in [0.15, 0.2) is 5.17 Å². The van der Waals surface area contributed by atoms with Gasteiger partial charge in [-0.05, 0) is 17.9 Å². The fourth-order valence-corrected chi connectivity index (χ4v) is 1.70. The van der Waals surface area contributed by atoms with Crippen molar-refractivity contribution in [3.8, 4) is 0 Å². The Morgan fingerprint density at radius 1 is 1.46 bits per heavy atom. The van der Waals surface area contributed by atoms with Crippen LogP contribution in [0.4, 0.5) is 0 Å². The van der Waals surface area contributed by atoms with Gasteiger partial charge in [0, 0.05) is 10.5 Å². The van der Waals surface area contributed by atoms with Crippen molar-refractivity contribution in [1.29, 1.82) is 0 Å². The van der Waals surface area contributed by atoms with E-state index in [0.717, 1.165) is 11.3 Å². The maximum atomic E-state index is 8.41. The molecule has 0 saturated heterocycles. The highest BCUT2D eigenvalue weighted by Gasteiger charge is 1.99. The summed E-state index contributed by atoms with van der Waals surface area (Å²) >= 11 is 7.37. The van der Waals surface area contributed by atoms with Gasteiger partial charge < -0.3 is 5.21 Å². The van der Waals surface area contributed by atoms with Crippen LogP contribution in [0.2, 0.25) is 0 Å². The molecular formula is C9H10ClNOS. The van der Waals surface area contributed by atoms with Crippen molar-refractivity contribution in [2.24, 2.45) is 5.16 Å². The van der Waals surface area contributed by atoms with Crippen molar-refractivity contribution < 1.29 is 5.21 Å². The third-order valence-corrected chi connectivity index (χ3v) is 2.68. The maximum absolute atomic E-state index is 8.41. The number of halogens is 1. The van der Waals surface area contributed by atoms with Gasteiger partial charge in [0.2, 0.25) is 0 Å². The molecule has 0 saturated carbocycles. The first kappa shape index (κ1) is 10.4. The molecule has 0 aliphatic rings. The Morgan fingerprint density at radius 2 is 2.08 bits per heavy atom. The zero-order valence-corrected chi connectivity index (χ0v) is 8.77. The van der Waals surface area contributed by atoms with Crippen LogP contribution in [0.25, 0.3) is 0 Å². The molecule has 1 aromatic rings. The standard InChI is InChI=1S/C9H10ClNOS/c1-2-13-8-5-3-7(4-6-8)9(10)11-12/h3-6,12H,2H2,1H3/b11-9-. The first-order valence-corrected chi connectivity index (χ1v) is 5.25. The van der Waals surface area contributed by atoms with Crippen molar-refractivity contribution in [2.45, 2.75) is 11.8 Å². The average Bonchev–Trinajstić information content (AvgIpc) is 2.18. The summed E-state index contributed by atoms with van der Waals surface area (Å²) in [5.41, 5.74) is 0.726. The number of nitrogens with zero attached hydrogens (tertiary/aromatic N) is 1. The summed E-state index contributed by atoms with van der Waals surface area (Å²) in [5.74, 6) is 1.04. The lowest BCUT2D eigenvalue weighted by atomic mass is 10.2. The first-order chi connectivity index (χ1) is 6.27. The third kappa shape index (κ3) is 2.94. The number of thioether (sulfide) groups is 1. The molecule has 13 heavy (non-hydrogen) atoms. The second-order valence-corrected chi connectivity index (χ2v) is 4.04. The van der Waals surface area contributed by atoms with Crippen LogP contribution in [0.3, 0.4) is 0 Å². The van der Waals surface area contributed by atoms with Gasteiger partial charge in [0.25, 0.3) is 0 Å². The highest BCUT2D eigenvalue weighted by molar-refractivity contribution is 7.99. The first-order valence-electron chi connectivity index (χ1n) is 3.88. The van der Waals surface area contributed by atoms with Gasteiger partial charge in [-0.3, -0.25) is 0 Å². The lowest BCUT2D eigenvalue weighted by molar-refractivity contribution is 0.321. The van der Waals surface area contributed by atoms with Gasteiger partial charge in [0.05, 0.1) is 0 Å². The second kappa shape index (κ2) is 5.14. The minimum atomic E-state index is 0.119. The molecule has 0 aliphatic heterocycles. The number of hydrogen-bond donors (Lipinski definition) is 1. The van der Waals surface area contributed by atoms with E-state index in [4.69, 9.17) is 16.8 Å². The summed E-state index contributed by atoms with van der Waals surface area (Å²) in [6, 6.07) is 7.58. The topological polar surface area (TPSA) is 32.6 Å². The molecule has 0 aromatic heterocycles. The van der Waals surface area contributed by atoms with Crippen LogP contribution >= 0.6 is 23.4 Å².